The van der Waals surface area contributed by atoms with E-state index in [1.165, 1.54) is 0 Å². The molecule has 0 radical (unpaired) electrons. The van der Waals surface area contributed by atoms with Crippen LogP contribution in [0.4, 0.5) is 4.39 Å². The molecule has 1 heteroatoms. The zero-order valence-electron chi connectivity index (χ0n) is 9.91. The monoisotopic (exact) mass is 226 g/mol. The van der Waals surface area contributed by atoms with Crippen molar-refractivity contribution in [3.63, 3.8) is 0 Å². The third kappa shape index (κ3) is 2.82. The molecule has 0 aliphatic rings. The Morgan fingerprint density at radius 1 is 1.12 bits per heavy atom. The third-order valence-corrected chi connectivity index (χ3v) is 2.62. The van der Waals surface area contributed by atoms with Crippen molar-refractivity contribution in [3.05, 3.63) is 72.1 Å². The Morgan fingerprint density at radius 2 is 1.82 bits per heavy atom. The molecule has 0 N–H and O–H groups in total. The minimum absolute atomic E-state index is 0.171. The lowest BCUT2D eigenvalue weighted by Crippen LogP contribution is -1.90. The second kappa shape index (κ2) is 4.96. The molecule has 0 aliphatic carbocycles. The Hall–Kier alpha value is -1.89. The van der Waals surface area contributed by atoms with Gasteiger partial charge < -0.3 is 0 Å². The van der Waals surface area contributed by atoms with Crippen LogP contribution in [0.3, 0.4) is 0 Å². The number of halogens is 1. The summed E-state index contributed by atoms with van der Waals surface area (Å²) < 4.78 is 14.0. The summed E-state index contributed by atoms with van der Waals surface area (Å²) in [5, 5.41) is 0. The summed E-state index contributed by atoms with van der Waals surface area (Å²) >= 11 is 0. The average Bonchev–Trinajstić information content (AvgIpc) is 2.29. The third-order valence-electron chi connectivity index (χ3n) is 2.62. The van der Waals surface area contributed by atoms with Crippen molar-refractivity contribution in [2.45, 2.75) is 13.3 Å². The van der Waals surface area contributed by atoms with E-state index in [0.29, 0.717) is 5.56 Å². The highest BCUT2D eigenvalue weighted by atomic mass is 19.1. The molecule has 2 rings (SSSR count). The second-order valence-corrected chi connectivity index (χ2v) is 4.31. The fourth-order valence-electron chi connectivity index (χ4n) is 1.87. The van der Waals surface area contributed by atoms with Gasteiger partial charge in [-0.1, -0.05) is 54.6 Å². The van der Waals surface area contributed by atoms with Gasteiger partial charge in [0.1, 0.15) is 5.82 Å². The summed E-state index contributed by atoms with van der Waals surface area (Å²) in [6.45, 7) is 5.79. The maximum atomic E-state index is 14.0. The van der Waals surface area contributed by atoms with Crippen LogP contribution in [0.5, 0.6) is 0 Å². The van der Waals surface area contributed by atoms with Crippen LogP contribution in [-0.2, 0) is 6.42 Å². The maximum Gasteiger partial charge on any atom is 0.131 e. The van der Waals surface area contributed by atoms with Crippen LogP contribution >= 0.6 is 0 Å². The smallest absolute Gasteiger partial charge is 0.131 e. The molecule has 0 aliphatic heterocycles. The van der Waals surface area contributed by atoms with Crippen LogP contribution in [-0.4, -0.2) is 0 Å². The average molecular weight is 226 g/mol. The lowest BCUT2D eigenvalue weighted by molar-refractivity contribution is 0.629. The molecule has 86 valence electrons. The first-order chi connectivity index (χ1) is 8.16. The topological polar surface area (TPSA) is 0 Å². The molecule has 0 heterocycles. The van der Waals surface area contributed by atoms with Gasteiger partial charge in [0.2, 0.25) is 0 Å². The van der Waals surface area contributed by atoms with Gasteiger partial charge in [-0.25, -0.2) is 4.39 Å². The summed E-state index contributed by atoms with van der Waals surface area (Å²) in [5.41, 5.74) is 3.56. The number of allylic oxidation sites excluding steroid dienone is 1. The van der Waals surface area contributed by atoms with Gasteiger partial charge in [-0.2, -0.15) is 0 Å². The summed E-state index contributed by atoms with van der Waals surface area (Å²) in [6.07, 6.45) is 0.728. The van der Waals surface area contributed by atoms with E-state index < -0.39 is 0 Å². The van der Waals surface area contributed by atoms with Gasteiger partial charge >= 0.3 is 0 Å². The van der Waals surface area contributed by atoms with Crippen molar-refractivity contribution in [2.75, 3.05) is 0 Å². The quantitative estimate of drug-likeness (QED) is 0.670. The normalized spacial score (nSPS) is 10.2. The Bertz CT molecular complexity index is 526. The van der Waals surface area contributed by atoms with E-state index >= 15 is 0 Å². The van der Waals surface area contributed by atoms with Crippen molar-refractivity contribution < 1.29 is 4.39 Å². The zero-order valence-corrected chi connectivity index (χ0v) is 9.91. The minimum Gasteiger partial charge on any atom is -0.206 e. The van der Waals surface area contributed by atoms with Gasteiger partial charge in [-0.05, 0) is 30.5 Å². The van der Waals surface area contributed by atoms with E-state index in [9.17, 15) is 4.39 Å². The second-order valence-electron chi connectivity index (χ2n) is 4.31. The minimum atomic E-state index is -0.171. The van der Waals surface area contributed by atoms with E-state index in [1.54, 1.807) is 6.07 Å². The highest BCUT2D eigenvalue weighted by Gasteiger charge is 2.05. The fourth-order valence-corrected chi connectivity index (χ4v) is 1.87. The molecular weight excluding hydrogens is 211 g/mol. The predicted molar refractivity (Wildman–Crippen MR) is 70.4 cm³/mol. The molecule has 0 bridgehead atoms. The van der Waals surface area contributed by atoms with Gasteiger partial charge in [0.05, 0.1) is 0 Å². The maximum absolute atomic E-state index is 14.0. The van der Waals surface area contributed by atoms with E-state index in [2.05, 4.69) is 6.58 Å². The van der Waals surface area contributed by atoms with Crippen LogP contribution in [0.15, 0.2) is 60.7 Å². The molecule has 0 unspecified atom stereocenters. The number of benzene rings is 2. The number of hydrogen-bond acceptors (Lipinski definition) is 0. The van der Waals surface area contributed by atoms with Gasteiger partial charge in [0.15, 0.2) is 0 Å². The highest BCUT2D eigenvalue weighted by molar-refractivity contribution is 5.64. The van der Waals surface area contributed by atoms with Gasteiger partial charge in [-0.15, -0.1) is 0 Å². The van der Waals surface area contributed by atoms with Crippen LogP contribution in [0.25, 0.3) is 11.1 Å². The Morgan fingerprint density at radius 3 is 2.41 bits per heavy atom. The molecule has 0 saturated heterocycles. The predicted octanol–water partition coefficient (Wildman–Crippen LogP) is 4.61. The van der Waals surface area contributed by atoms with Gasteiger partial charge in [0.25, 0.3) is 0 Å². The van der Waals surface area contributed by atoms with Crippen molar-refractivity contribution >= 4 is 0 Å². The van der Waals surface area contributed by atoms with Crippen LogP contribution in [0.1, 0.15) is 12.5 Å². The van der Waals surface area contributed by atoms with Crippen LogP contribution in [0, 0.1) is 5.82 Å². The Kier molecular flexibility index (Phi) is 3.38. The van der Waals surface area contributed by atoms with E-state index in [0.717, 1.165) is 23.1 Å². The molecule has 2 aromatic carbocycles. The van der Waals surface area contributed by atoms with Gasteiger partial charge in [-0.3, -0.25) is 0 Å². The van der Waals surface area contributed by atoms with Crippen molar-refractivity contribution in [1.29, 1.82) is 0 Å². The van der Waals surface area contributed by atoms with Crippen LogP contribution in [0.2, 0.25) is 0 Å². The first-order valence-corrected chi connectivity index (χ1v) is 5.65. The van der Waals surface area contributed by atoms with Crippen LogP contribution < -0.4 is 0 Å². The van der Waals surface area contributed by atoms with E-state index in [-0.39, 0.29) is 5.82 Å². The van der Waals surface area contributed by atoms with Crippen molar-refractivity contribution in [3.8, 4) is 11.1 Å². The summed E-state index contributed by atoms with van der Waals surface area (Å²) in [4.78, 5) is 0. The molecule has 0 fully saturated rings. The molecule has 17 heavy (non-hydrogen) atoms. The number of rotatable bonds is 3. The Labute approximate surface area is 101 Å². The van der Waals surface area contributed by atoms with E-state index in [4.69, 9.17) is 0 Å². The Balaban J connectivity index is 2.35. The highest BCUT2D eigenvalue weighted by Crippen LogP contribution is 2.23. The van der Waals surface area contributed by atoms with Gasteiger partial charge in [0, 0.05) is 5.56 Å². The van der Waals surface area contributed by atoms with Crippen molar-refractivity contribution in [2.24, 2.45) is 0 Å². The fraction of sp³-hybridized carbons (Fsp3) is 0.125. The first kappa shape index (κ1) is 11.6. The molecule has 0 nitrogen and oxygen atoms in total. The summed E-state index contributed by atoms with van der Waals surface area (Å²) in [5.74, 6) is -0.171. The molecule has 0 amide bonds. The molecular formula is C16H15F. The number of hydrogen-bond donors (Lipinski definition) is 0. The molecule has 2 aromatic rings. The molecule has 0 aromatic heterocycles. The standard InChI is InChI=1S/C16H15F/c1-12(2)10-13-8-9-15(16(17)11-13)14-6-4-3-5-7-14/h3-9,11H,1,10H2,2H3. The molecule has 0 spiro atoms. The van der Waals surface area contributed by atoms with E-state index in [1.807, 2.05) is 49.4 Å². The molecule has 0 atom stereocenters. The molecule has 0 saturated carbocycles. The largest absolute Gasteiger partial charge is 0.206 e. The lowest BCUT2D eigenvalue weighted by atomic mass is 10.0. The van der Waals surface area contributed by atoms with Crippen molar-refractivity contribution in [1.82, 2.24) is 0 Å². The SMILES string of the molecule is C=C(C)Cc1ccc(-c2ccccc2)c(F)c1. The summed E-state index contributed by atoms with van der Waals surface area (Å²) in [6, 6.07) is 15.0. The lowest BCUT2D eigenvalue weighted by Gasteiger charge is -2.06. The first-order valence-electron chi connectivity index (χ1n) is 5.65. The summed E-state index contributed by atoms with van der Waals surface area (Å²) in [7, 11) is 0. The zero-order chi connectivity index (χ0) is 12.3.